The van der Waals surface area contributed by atoms with Crippen molar-refractivity contribution in [2.45, 2.75) is 31.9 Å². The van der Waals surface area contributed by atoms with Crippen LogP contribution in [0, 0.1) is 11.8 Å². The number of nitrogens with zero attached hydrogens (tertiary/aromatic N) is 1. The Morgan fingerprint density at radius 2 is 2.05 bits per heavy atom. The van der Waals surface area contributed by atoms with Gasteiger partial charge in [-0.05, 0) is 37.5 Å². The van der Waals surface area contributed by atoms with Crippen molar-refractivity contribution in [3.05, 3.63) is 24.3 Å². The van der Waals surface area contributed by atoms with Crippen LogP contribution < -0.4 is 10.6 Å². The van der Waals surface area contributed by atoms with Crippen LogP contribution in [-0.2, 0) is 4.79 Å². The monoisotopic (exact) mass is 300 g/mol. The van der Waals surface area contributed by atoms with E-state index in [1.807, 2.05) is 0 Å². The number of alkyl halides is 3. The van der Waals surface area contributed by atoms with Gasteiger partial charge in [0, 0.05) is 24.3 Å². The molecule has 2 atom stereocenters. The number of anilines is 2. The predicted octanol–water partition coefficient (Wildman–Crippen LogP) is 3.60. The normalized spacial score (nSPS) is 22.9. The average Bonchev–Trinajstić information content (AvgIpc) is 2.45. The Balaban J connectivity index is 2.09. The molecule has 2 rings (SSSR count). The molecule has 1 fully saturated rings. The molecule has 1 aromatic rings. The van der Waals surface area contributed by atoms with Crippen molar-refractivity contribution in [1.29, 1.82) is 0 Å². The lowest BCUT2D eigenvalue weighted by atomic mass is 9.80. The molecule has 116 valence electrons. The lowest BCUT2D eigenvalue weighted by Gasteiger charge is -2.32. The summed E-state index contributed by atoms with van der Waals surface area (Å²) in [4.78, 5) is 13.8. The summed E-state index contributed by atoms with van der Waals surface area (Å²) >= 11 is 0. The lowest BCUT2D eigenvalue weighted by Crippen LogP contribution is -2.38. The molecule has 3 nitrogen and oxygen atoms in total. The first-order valence-electron chi connectivity index (χ1n) is 6.99. The molecule has 0 bridgehead atoms. The highest BCUT2D eigenvalue weighted by Gasteiger charge is 2.44. The smallest absolute Gasteiger partial charge is 0.391 e. The summed E-state index contributed by atoms with van der Waals surface area (Å²) in [6.07, 6.45) is -3.26. The lowest BCUT2D eigenvalue weighted by molar-refractivity contribution is -0.186. The molecule has 0 radical (unpaired) electrons. The van der Waals surface area contributed by atoms with Gasteiger partial charge in [-0.15, -0.1) is 0 Å². The van der Waals surface area contributed by atoms with E-state index in [0.29, 0.717) is 24.2 Å². The van der Waals surface area contributed by atoms with Crippen LogP contribution in [-0.4, -0.2) is 19.1 Å². The number of carbonyl (C=O) groups is 1. The third kappa shape index (κ3) is 3.68. The minimum absolute atomic E-state index is 0.116. The van der Waals surface area contributed by atoms with Crippen molar-refractivity contribution in [3.8, 4) is 0 Å². The SMILES string of the molecule is CN(C(=O)C1CCCC(C(F)(F)F)C1)c1cccc(N)c1. The van der Waals surface area contributed by atoms with Crippen LogP contribution in [0.15, 0.2) is 24.3 Å². The third-order valence-corrected chi connectivity index (χ3v) is 4.07. The Bertz CT molecular complexity index is 516. The van der Waals surface area contributed by atoms with Crippen molar-refractivity contribution in [1.82, 2.24) is 0 Å². The van der Waals surface area contributed by atoms with Crippen LogP contribution >= 0.6 is 0 Å². The zero-order chi connectivity index (χ0) is 15.6. The maximum atomic E-state index is 12.8. The van der Waals surface area contributed by atoms with Gasteiger partial charge in [0.25, 0.3) is 0 Å². The molecule has 0 aliphatic heterocycles. The van der Waals surface area contributed by atoms with Gasteiger partial charge in [0.2, 0.25) is 5.91 Å². The van der Waals surface area contributed by atoms with E-state index < -0.39 is 18.0 Å². The number of benzene rings is 1. The second-order valence-electron chi connectivity index (χ2n) is 5.59. The van der Waals surface area contributed by atoms with Crippen molar-refractivity contribution in [2.24, 2.45) is 11.8 Å². The standard InChI is InChI=1S/C15H19F3N2O/c1-20(13-7-3-6-12(19)9-13)14(21)10-4-2-5-11(8-10)15(16,17)18/h3,6-7,9-11H,2,4-5,8,19H2,1H3. The zero-order valence-corrected chi connectivity index (χ0v) is 11.9. The van der Waals surface area contributed by atoms with Crippen LogP contribution in [0.2, 0.25) is 0 Å². The molecule has 0 heterocycles. The summed E-state index contributed by atoms with van der Waals surface area (Å²) in [5.41, 5.74) is 6.79. The maximum Gasteiger partial charge on any atom is 0.391 e. The topological polar surface area (TPSA) is 46.3 Å². The number of halogens is 3. The minimum Gasteiger partial charge on any atom is -0.399 e. The number of amides is 1. The number of hydrogen-bond donors (Lipinski definition) is 1. The van der Waals surface area contributed by atoms with E-state index in [2.05, 4.69) is 0 Å². The summed E-state index contributed by atoms with van der Waals surface area (Å²) in [5.74, 6) is -2.21. The van der Waals surface area contributed by atoms with E-state index in [0.717, 1.165) is 0 Å². The van der Waals surface area contributed by atoms with E-state index in [1.165, 1.54) is 4.90 Å². The summed E-state index contributed by atoms with van der Waals surface area (Å²) in [7, 11) is 1.58. The molecule has 2 N–H and O–H groups in total. The number of nitrogens with two attached hydrogens (primary N) is 1. The fourth-order valence-corrected chi connectivity index (χ4v) is 2.85. The second kappa shape index (κ2) is 5.95. The zero-order valence-electron chi connectivity index (χ0n) is 11.9. The fourth-order valence-electron chi connectivity index (χ4n) is 2.85. The van der Waals surface area contributed by atoms with Crippen LogP contribution in [0.4, 0.5) is 24.5 Å². The molecule has 6 heteroatoms. The molecule has 1 saturated carbocycles. The number of carbonyl (C=O) groups excluding carboxylic acids is 1. The van der Waals surface area contributed by atoms with Crippen LogP contribution in [0.3, 0.4) is 0 Å². The average molecular weight is 300 g/mol. The van der Waals surface area contributed by atoms with Crippen molar-refractivity contribution < 1.29 is 18.0 Å². The van der Waals surface area contributed by atoms with Gasteiger partial charge >= 0.3 is 6.18 Å². The van der Waals surface area contributed by atoms with Gasteiger partial charge in [-0.3, -0.25) is 4.79 Å². The Hall–Kier alpha value is -1.72. The molecule has 1 aromatic carbocycles. The van der Waals surface area contributed by atoms with Crippen LogP contribution in [0.25, 0.3) is 0 Å². The van der Waals surface area contributed by atoms with E-state index >= 15 is 0 Å². The molecule has 2 unspecified atom stereocenters. The Labute approximate surface area is 121 Å². The van der Waals surface area contributed by atoms with Crippen molar-refractivity contribution in [3.63, 3.8) is 0 Å². The van der Waals surface area contributed by atoms with Gasteiger partial charge in [0.05, 0.1) is 5.92 Å². The summed E-state index contributed by atoms with van der Waals surface area (Å²) in [6, 6.07) is 6.77. The molecule has 1 amide bonds. The Morgan fingerprint density at radius 3 is 2.67 bits per heavy atom. The molecule has 21 heavy (non-hydrogen) atoms. The molecular formula is C15H19F3N2O. The van der Waals surface area contributed by atoms with Crippen molar-refractivity contribution >= 4 is 17.3 Å². The molecule has 0 saturated heterocycles. The highest BCUT2D eigenvalue weighted by molar-refractivity contribution is 5.94. The molecule has 0 spiro atoms. The maximum absolute atomic E-state index is 12.8. The van der Waals surface area contributed by atoms with Gasteiger partial charge in [-0.25, -0.2) is 0 Å². The molecule has 0 aromatic heterocycles. The third-order valence-electron chi connectivity index (χ3n) is 4.07. The van der Waals surface area contributed by atoms with Gasteiger partial charge in [-0.1, -0.05) is 12.5 Å². The van der Waals surface area contributed by atoms with E-state index in [4.69, 9.17) is 5.73 Å². The first-order valence-corrected chi connectivity index (χ1v) is 6.99. The Morgan fingerprint density at radius 1 is 1.33 bits per heavy atom. The number of hydrogen-bond acceptors (Lipinski definition) is 2. The Kier molecular flexibility index (Phi) is 4.44. The van der Waals surface area contributed by atoms with Crippen LogP contribution in [0.5, 0.6) is 0 Å². The molecule has 1 aliphatic rings. The molecular weight excluding hydrogens is 281 g/mol. The van der Waals surface area contributed by atoms with Crippen LogP contribution in [0.1, 0.15) is 25.7 Å². The van der Waals surface area contributed by atoms with E-state index in [-0.39, 0.29) is 18.7 Å². The molecule has 1 aliphatic carbocycles. The first-order chi connectivity index (χ1) is 9.79. The predicted molar refractivity (Wildman–Crippen MR) is 75.8 cm³/mol. The number of rotatable bonds is 2. The fraction of sp³-hybridized carbons (Fsp3) is 0.533. The first kappa shape index (κ1) is 15.7. The quantitative estimate of drug-likeness (QED) is 0.848. The van der Waals surface area contributed by atoms with E-state index in [9.17, 15) is 18.0 Å². The van der Waals surface area contributed by atoms with Gasteiger partial charge in [-0.2, -0.15) is 13.2 Å². The van der Waals surface area contributed by atoms with E-state index in [1.54, 1.807) is 31.3 Å². The van der Waals surface area contributed by atoms with Crippen molar-refractivity contribution in [2.75, 3.05) is 17.7 Å². The number of nitrogen functional groups attached to an aromatic ring is 1. The van der Waals surface area contributed by atoms with Gasteiger partial charge in [0.1, 0.15) is 0 Å². The second-order valence-corrected chi connectivity index (χ2v) is 5.59. The summed E-state index contributed by atoms with van der Waals surface area (Å²) in [6.45, 7) is 0. The minimum atomic E-state index is -4.21. The highest BCUT2D eigenvalue weighted by Crippen LogP contribution is 2.40. The largest absolute Gasteiger partial charge is 0.399 e. The van der Waals surface area contributed by atoms with Gasteiger partial charge in [0.15, 0.2) is 0 Å². The van der Waals surface area contributed by atoms with Gasteiger partial charge < -0.3 is 10.6 Å². The summed E-state index contributed by atoms with van der Waals surface area (Å²) < 4.78 is 38.4. The summed E-state index contributed by atoms with van der Waals surface area (Å²) in [5, 5.41) is 0. The highest BCUT2D eigenvalue weighted by atomic mass is 19.4.